The van der Waals surface area contributed by atoms with Crippen molar-refractivity contribution in [2.45, 2.75) is 31.9 Å². The molecular formula is C26H27N3O2S. The number of rotatable bonds is 9. The van der Waals surface area contributed by atoms with Crippen LogP contribution in [0.4, 0.5) is 5.13 Å². The Morgan fingerprint density at radius 3 is 2.59 bits per heavy atom. The molecule has 0 aliphatic rings. The van der Waals surface area contributed by atoms with Crippen molar-refractivity contribution in [2.75, 3.05) is 11.9 Å². The van der Waals surface area contributed by atoms with Crippen LogP contribution >= 0.6 is 11.3 Å². The Labute approximate surface area is 192 Å². The molecule has 6 heteroatoms. The number of hydrogen-bond acceptors (Lipinski definition) is 5. The van der Waals surface area contributed by atoms with E-state index in [2.05, 4.69) is 45.9 Å². The Hall–Kier alpha value is -3.22. The molecule has 3 aromatic carbocycles. The van der Waals surface area contributed by atoms with Gasteiger partial charge >= 0.3 is 0 Å². The van der Waals surface area contributed by atoms with E-state index in [4.69, 9.17) is 0 Å². The van der Waals surface area contributed by atoms with Crippen molar-refractivity contribution in [3.63, 3.8) is 0 Å². The summed E-state index contributed by atoms with van der Waals surface area (Å²) in [5.74, 6) is -0.227. The number of aromatic nitrogens is 1. The number of carbonyl (C=O) groups excluding carboxylic acids is 1. The molecule has 0 saturated carbocycles. The number of fused-ring (bicyclic) bond motifs is 1. The van der Waals surface area contributed by atoms with Gasteiger partial charge in [0.15, 0.2) is 5.13 Å². The van der Waals surface area contributed by atoms with Crippen LogP contribution in [-0.4, -0.2) is 34.7 Å². The van der Waals surface area contributed by atoms with Crippen molar-refractivity contribution in [3.8, 4) is 11.3 Å². The number of anilines is 1. The maximum Gasteiger partial charge on any atom is 0.245 e. The van der Waals surface area contributed by atoms with Crippen LogP contribution in [0.3, 0.4) is 0 Å². The van der Waals surface area contributed by atoms with E-state index in [-0.39, 0.29) is 5.91 Å². The lowest BCUT2D eigenvalue weighted by atomic mass is 10.0. The fourth-order valence-electron chi connectivity index (χ4n) is 3.71. The van der Waals surface area contributed by atoms with Gasteiger partial charge in [0.25, 0.3) is 0 Å². The highest BCUT2D eigenvalue weighted by molar-refractivity contribution is 7.14. The number of aryl methyl sites for hydroxylation is 1. The fraction of sp³-hybridized carbons (Fsp3) is 0.231. The molecule has 4 aromatic rings. The van der Waals surface area contributed by atoms with Crippen molar-refractivity contribution >= 4 is 33.1 Å². The number of thiazole rings is 1. The van der Waals surface area contributed by atoms with Gasteiger partial charge in [-0.25, -0.2) is 4.98 Å². The fourth-order valence-corrected chi connectivity index (χ4v) is 4.46. The number of benzene rings is 3. The average Bonchev–Trinajstić information content (AvgIpc) is 3.29. The highest BCUT2D eigenvalue weighted by Crippen LogP contribution is 2.31. The summed E-state index contributed by atoms with van der Waals surface area (Å²) in [6.07, 6.45) is 0.883. The number of amides is 1. The van der Waals surface area contributed by atoms with Gasteiger partial charge in [-0.15, -0.1) is 11.3 Å². The Balaban J connectivity index is 1.39. The number of aliphatic hydroxyl groups is 1. The lowest BCUT2D eigenvalue weighted by Gasteiger charge is -2.20. The molecule has 1 amide bonds. The van der Waals surface area contributed by atoms with Crippen LogP contribution in [0.25, 0.3) is 22.0 Å². The topological polar surface area (TPSA) is 74.2 Å². The molecule has 0 saturated heterocycles. The van der Waals surface area contributed by atoms with E-state index in [0.717, 1.165) is 34.9 Å². The maximum absolute atomic E-state index is 12.7. The van der Waals surface area contributed by atoms with Crippen molar-refractivity contribution in [1.29, 1.82) is 0 Å². The Kier molecular flexibility index (Phi) is 7.14. The molecule has 3 N–H and O–H groups in total. The molecule has 0 unspecified atom stereocenters. The second kappa shape index (κ2) is 10.4. The average molecular weight is 446 g/mol. The molecule has 0 bridgehead atoms. The predicted molar refractivity (Wildman–Crippen MR) is 132 cm³/mol. The van der Waals surface area contributed by atoms with Gasteiger partial charge in [-0.3, -0.25) is 4.79 Å². The second-order valence-electron chi connectivity index (χ2n) is 7.81. The minimum Gasteiger partial charge on any atom is -0.391 e. The molecule has 0 aliphatic carbocycles. The van der Waals surface area contributed by atoms with Crippen molar-refractivity contribution in [1.82, 2.24) is 10.3 Å². The minimum absolute atomic E-state index is 0.227. The van der Waals surface area contributed by atoms with Gasteiger partial charge in [-0.1, -0.05) is 72.8 Å². The molecule has 1 heterocycles. The molecular weight excluding hydrogens is 418 g/mol. The first kappa shape index (κ1) is 22.0. The van der Waals surface area contributed by atoms with Crippen LogP contribution in [0.15, 0.2) is 78.2 Å². The molecule has 1 aromatic heterocycles. The van der Waals surface area contributed by atoms with Crippen molar-refractivity contribution in [3.05, 3.63) is 83.7 Å². The van der Waals surface area contributed by atoms with Crippen molar-refractivity contribution < 1.29 is 9.90 Å². The first-order valence-corrected chi connectivity index (χ1v) is 11.7. The monoisotopic (exact) mass is 445 g/mol. The van der Waals surface area contributed by atoms with Crippen LogP contribution in [0.1, 0.15) is 18.9 Å². The van der Waals surface area contributed by atoms with E-state index in [9.17, 15) is 9.90 Å². The first-order chi connectivity index (χ1) is 15.6. The number of hydrogen-bond donors (Lipinski definition) is 3. The predicted octanol–water partition coefficient (Wildman–Crippen LogP) is 4.87. The quantitative estimate of drug-likeness (QED) is 0.321. The highest BCUT2D eigenvalue weighted by atomic mass is 32.1. The van der Waals surface area contributed by atoms with Gasteiger partial charge < -0.3 is 15.7 Å². The molecule has 0 fully saturated rings. The summed E-state index contributed by atoms with van der Waals surface area (Å²) in [5.41, 5.74) is 3.14. The Bertz CT molecular complexity index is 1170. The van der Waals surface area contributed by atoms with Gasteiger partial charge in [0.05, 0.1) is 11.8 Å². The normalized spacial score (nSPS) is 12.9. The van der Waals surface area contributed by atoms with Gasteiger partial charge in [0.1, 0.15) is 6.04 Å². The number of carbonyl (C=O) groups is 1. The highest BCUT2D eigenvalue weighted by Gasteiger charge is 2.24. The molecule has 0 radical (unpaired) electrons. The van der Waals surface area contributed by atoms with E-state index in [1.807, 2.05) is 47.8 Å². The lowest BCUT2D eigenvalue weighted by molar-refractivity contribution is -0.123. The van der Waals surface area contributed by atoms with Gasteiger partial charge in [0.2, 0.25) is 5.91 Å². The third kappa shape index (κ3) is 5.33. The first-order valence-electron chi connectivity index (χ1n) is 10.8. The zero-order valence-corrected chi connectivity index (χ0v) is 18.8. The van der Waals surface area contributed by atoms with Crippen LogP contribution in [0, 0.1) is 0 Å². The van der Waals surface area contributed by atoms with E-state index >= 15 is 0 Å². The summed E-state index contributed by atoms with van der Waals surface area (Å²) in [7, 11) is 0. The van der Waals surface area contributed by atoms with Crippen LogP contribution < -0.4 is 10.6 Å². The van der Waals surface area contributed by atoms with Crippen LogP contribution in [0.5, 0.6) is 0 Å². The van der Waals surface area contributed by atoms with Crippen LogP contribution in [0.2, 0.25) is 0 Å². The lowest BCUT2D eigenvalue weighted by Crippen LogP contribution is -2.46. The summed E-state index contributed by atoms with van der Waals surface area (Å²) >= 11 is 1.43. The van der Waals surface area contributed by atoms with Crippen LogP contribution in [-0.2, 0) is 11.2 Å². The number of aliphatic hydroxyl groups excluding tert-OH is 1. The summed E-state index contributed by atoms with van der Waals surface area (Å²) in [6.45, 7) is 2.16. The molecule has 0 aliphatic heterocycles. The summed E-state index contributed by atoms with van der Waals surface area (Å²) in [5, 5.41) is 21.1. The number of nitrogens with zero attached hydrogens (tertiary/aromatic N) is 1. The largest absolute Gasteiger partial charge is 0.391 e. The summed E-state index contributed by atoms with van der Waals surface area (Å²) in [6, 6.07) is 23.8. The molecule has 32 heavy (non-hydrogen) atoms. The third-order valence-electron chi connectivity index (χ3n) is 5.40. The molecule has 2 atom stereocenters. The maximum atomic E-state index is 12.7. The SMILES string of the molecule is C[C@@H](O)[C@H](Nc1nc(-c2cccc3ccccc23)cs1)C(=O)NCCCc1ccccc1. The zero-order chi connectivity index (χ0) is 22.3. The summed E-state index contributed by atoms with van der Waals surface area (Å²) < 4.78 is 0. The van der Waals surface area contributed by atoms with E-state index in [1.165, 1.54) is 16.9 Å². The van der Waals surface area contributed by atoms with Crippen molar-refractivity contribution in [2.24, 2.45) is 0 Å². The standard InChI is InChI=1S/C26H27N3O2S/c1-18(30)24(25(31)27-16-8-11-19-9-3-2-4-10-19)29-26-28-23(17-32-26)22-15-7-13-20-12-5-6-14-21(20)22/h2-7,9-10,12-15,17-18,24,30H,8,11,16H2,1H3,(H,27,31)(H,28,29)/t18-,24+/m1/s1. The zero-order valence-electron chi connectivity index (χ0n) is 18.0. The third-order valence-corrected chi connectivity index (χ3v) is 6.17. The molecule has 164 valence electrons. The molecule has 5 nitrogen and oxygen atoms in total. The molecule has 4 rings (SSSR count). The smallest absolute Gasteiger partial charge is 0.245 e. The summed E-state index contributed by atoms with van der Waals surface area (Å²) in [4.78, 5) is 17.4. The second-order valence-corrected chi connectivity index (χ2v) is 8.67. The Morgan fingerprint density at radius 2 is 1.78 bits per heavy atom. The minimum atomic E-state index is -0.853. The van der Waals surface area contributed by atoms with Gasteiger partial charge in [-0.2, -0.15) is 0 Å². The van der Waals surface area contributed by atoms with E-state index in [0.29, 0.717) is 11.7 Å². The van der Waals surface area contributed by atoms with Gasteiger partial charge in [0, 0.05) is 17.5 Å². The Morgan fingerprint density at radius 1 is 1.03 bits per heavy atom. The van der Waals surface area contributed by atoms with Gasteiger partial charge in [-0.05, 0) is 36.1 Å². The van der Waals surface area contributed by atoms with E-state index in [1.54, 1.807) is 6.92 Å². The molecule has 0 spiro atoms. The number of nitrogens with one attached hydrogen (secondary N) is 2. The van der Waals surface area contributed by atoms with E-state index < -0.39 is 12.1 Å².